The second-order valence-corrected chi connectivity index (χ2v) is 6.99. The van der Waals surface area contributed by atoms with Crippen LogP contribution in [0.5, 0.6) is 5.75 Å². The van der Waals surface area contributed by atoms with Gasteiger partial charge in [-0.25, -0.2) is 4.98 Å². The topological polar surface area (TPSA) is 50.6 Å². The number of benzene rings is 2. The van der Waals surface area contributed by atoms with Crippen LogP contribution in [0, 0.1) is 0 Å². The predicted molar refractivity (Wildman–Crippen MR) is 110 cm³/mol. The van der Waals surface area contributed by atoms with Gasteiger partial charge in [0.1, 0.15) is 5.75 Å². The highest BCUT2D eigenvalue weighted by molar-refractivity contribution is 6.30. The van der Waals surface area contributed by atoms with E-state index in [0.29, 0.717) is 42.5 Å². The van der Waals surface area contributed by atoms with E-state index < -0.39 is 0 Å². The van der Waals surface area contributed by atoms with Crippen molar-refractivity contribution >= 4 is 23.5 Å². The summed E-state index contributed by atoms with van der Waals surface area (Å²) in [5.74, 6) is 1.45. The first-order valence-electron chi connectivity index (χ1n) is 9.14. The molecule has 2 aromatic carbocycles. The molecule has 1 aromatic heterocycles. The van der Waals surface area contributed by atoms with E-state index in [1.165, 1.54) is 0 Å². The Morgan fingerprint density at radius 2 is 1.86 bits per heavy atom. The summed E-state index contributed by atoms with van der Waals surface area (Å²) >= 11 is 6.14. The summed E-state index contributed by atoms with van der Waals surface area (Å²) in [6.45, 7) is 2.66. The van der Waals surface area contributed by atoms with Crippen molar-refractivity contribution in [2.45, 2.75) is 0 Å². The fourth-order valence-electron chi connectivity index (χ4n) is 3.46. The molecule has 0 aliphatic carbocycles. The molecular formula is C21H21ClN4O2. The summed E-state index contributed by atoms with van der Waals surface area (Å²) in [5.41, 5.74) is 1.56. The van der Waals surface area contributed by atoms with Gasteiger partial charge in [0.2, 0.25) is 5.95 Å². The van der Waals surface area contributed by atoms with E-state index in [1.54, 1.807) is 19.4 Å². The summed E-state index contributed by atoms with van der Waals surface area (Å²) in [7, 11) is 1.58. The van der Waals surface area contributed by atoms with Crippen LogP contribution >= 0.6 is 11.6 Å². The molecule has 1 aliphatic heterocycles. The minimum atomic E-state index is -0.00437. The predicted octanol–water partition coefficient (Wildman–Crippen LogP) is 3.50. The molecule has 4 rings (SSSR count). The molecule has 3 aromatic rings. The maximum Gasteiger partial charge on any atom is 0.257 e. The first-order valence-corrected chi connectivity index (χ1v) is 9.51. The van der Waals surface area contributed by atoms with Gasteiger partial charge in [-0.3, -0.25) is 9.36 Å². The number of para-hydroxylation sites is 1. The molecule has 1 aliphatic rings. The van der Waals surface area contributed by atoms with Gasteiger partial charge in [-0.05, 0) is 30.3 Å². The van der Waals surface area contributed by atoms with E-state index in [-0.39, 0.29) is 5.91 Å². The number of aromatic nitrogens is 2. The van der Waals surface area contributed by atoms with E-state index in [2.05, 4.69) is 9.88 Å². The van der Waals surface area contributed by atoms with E-state index >= 15 is 0 Å². The zero-order valence-corrected chi connectivity index (χ0v) is 16.3. The third-order valence-electron chi connectivity index (χ3n) is 4.89. The molecule has 6 nitrogen and oxygen atoms in total. The Balaban J connectivity index is 1.48. The third kappa shape index (κ3) is 3.55. The third-order valence-corrected chi connectivity index (χ3v) is 5.13. The fraction of sp³-hybridized carbons (Fsp3) is 0.238. The van der Waals surface area contributed by atoms with E-state index in [4.69, 9.17) is 16.3 Å². The Kier molecular flexibility index (Phi) is 5.21. The number of hydrogen-bond acceptors (Lipinski definition) is 4. The molecule has 1 amide bonds. The number of amides is 1. The minimum absolute atomic E-state index is 0.00437. The number of carbonyl (C=O) groups is 1. The number of piperazine rings is 1. The number of rotatable bonds is 4. The molecule has 1 saturated heterocycles. The Labute approximate surface area is 168 Å². The van der Waals surface area contributed by atoms with Crippen molar-refractivity contribution in [1.29, 1.82) is 0 Å². The molecule has 0 saturated carbocycles. The van der Waals surface area contributed by atoms with Crippen LogP contribution in [0.2, 0.25) is 5.02 Å². The number of nitrogens with zero attached hydrogens (tertiary/aromatic N) is 4. The molecule has 0 radical (unpaired) electrons. The summed E-state index contributed by atoms with van der Waals surface area (Å²) in [5, 5.41) is 0.685. The van der Waals surface area contributed by atoms with Crippen LogP contribution in [-0.4, -0.2) is 53.6 Å². The SMILES string of the molecule is COc1ccccc1C(=O)N1CCN(c2nccn2-c2cccc(Cl)c2)CC1. The van der Waals surface area contributed by atoms with Crippen molar-refractivity contribution in [3.05, 3.63) is 71.5 Å². The van der Waals surface area contributed by atoms with Crippen molar-refractivity contribution in [2.24, 2.45) is 0 Å². The molecule has 0 unspecified atom stereocenters. The number of methoxy groups -OCH3 is 1. The lowest BCUT2D eigenvalue weighted by Crippen LogP contribution is -2.49. The van der Waals surface area contributed by atoms with Crippen LogP contribution in [0.15, 0.2) is 60.9 Å². The smallest absolute Gasteiger partial charge is 0.257 e. The molecule has 7 heteroatoms. The maximum absolute atomic E-state index is 12.9. The van der Waals surface area contributed by atoms with Crippen LogP contribution in [0.1, 0.15) is 10.4 Å². The number of anilines is 1. The monoisotopic (exact) mass is 396 g/mol. The minimum Gasteiger partial charge on any atom is -0.496 e. The standard InChI is InChI=1S/C21H21ClN4O2/c1-28-19-8-3-2-7-18(19)20(27)24-11-13-25(14-12-24)21-23-9-10-26(21)17-6-4-5-16(22)15-17/h2-10,15H,11-14H2,1H3. The Hall–Kier alpha value is -2.99. The van der Waals surface area contributed by atoms with Crippen molar-refractivity contribution in [3.63, 3.8) is 0 Å². The molecule has 0 N–H and O–H groups in total. The van der Waals surface area contributed by atoms with E-state index in [0.717, 1.165) is 11.6 Å². The summed E-state index contributed by atoms with van der Waals surface area (Å²) < 4.78 is 7.35. The quantitative estimate of drug-likeness (QED) is 0.677. The lowest BCUT2D eigenvalue weighted by molar-refractivity contribution is 0.0743. The average Bonchev–Trinajstić information content (AvgIpc) is 3.23. The number of hydrogen-bond donors (Lipinski definition) is 0. The zero-order valence-electron chi connectivity index (χ0n) is 15.6. The van der Waals surface area contributed by atoms with Crippen molar-refractivity contribution in [3.8, 4) is 11.4 Å². The Bertz CT molecular complexity index is 980. The van der Waals surface area contributed by atoms with Gasteiger partial charge in [0.05, 0.1) is 12.7 Å². The summed E-state index contributed by atoms with van der Waals surface area (Å²) in [6.07, 6.45) is 3.70. The van der Waals surface area contributed by atoms with Gasteiger partial charge in [0.25, 0.3) is 5.91 Å². The Morgan fingerprint density at radius 3 is 2.61 bits per heavy atom. The lowest BCUT2D eigenvalue weighted by Gasteiger charge is -2.35. The maximum atomic E-state index is 12.9. The van der Waals surface area contributed by atoms with Gasteiger partial charge in [0, 0.05) is 49.3 Å². The van der Waals surface area contributed by atoms with Gasteiger partial charge in [-0.1, -0.05) is 29.8 Å². The molecule has 28 heavy (non-hydrogen) atoms. The molecule has 1 fully saturated rings. The second kappa shape index (κ2) is 7.94. The van der Waals surface area contributed by atoms with Gasteiger partial charge in [-0.2, -0.15) is 0 Å². The molecule has 144 valence electrons. The molecule has 0 spiro atoms. The zero-order chi connectivity index (χ0) is 19.5. The lowest BCUT2D eigenvalue weighted by atomic mass is 10.1. The number of imidazole rings is 1. The van der Waals surface area contributed by atoms with Crippen molar-refractivity contribution < 1.29 is 9.53 Å². The highest BCUT2D eigenvalue weighted by Gasteiger charge is 2.26. The van der Waals surface area contributed by atoms with Crippen LogP contribution in [-0.2, 0) is 0 Å². The highest BCUT2D eigenvalue weighted by atomic mass is 35.5. The van der Waals surface area contributed by atoms with Crippen molar-refractivity contribution in [2.75, 3.05) is 38.2 Å². The fourth-order valence-corrected chi connectivity index (χ4v) is 3.64. The van der Waals surface area contributed by atoms with Crippen LogP contribution in [0.3, 0.4) is 0 Å². The largest absolute Gasteiger partial charge is 0.496 e. The number of ether oxygens (including phenoxy) is 1. The van der Waals surface area contributed by atoms with Gasteiger partial charge >= 0.3 is 0 Å². The Morgan fingerprint density at radius 1 is 1.07 bits per heavy atom. The normalized spacial score (nSPS) is 14.2. The first-order chi connectivity index (χ1) is 13.7. The summed E-state index contributed by atoms with van der Waals surface area (Å²) in [6, 6.07) is 15.0. The van der Waals surface area contributed by atoms with Crippen LogP contribution in [0.4, 0.5) is 5.95 Å². The van der Waals surface area contributed by atoms with Crippen LogP contribution in [0.25, 0.3) is 5.69 Å². The van der Waals surface area contributed by atoms with Gasteiger partial charge in [0.15, 0.2) is 0 Å². The number of halogens is 1. The van der Waals surface area contributed by atoms with Gasteiger partial charge < -0.3 is 14.5 Å². The molecule has 2 heterocycles. The van der Waals surface area contributed by atoms with Crippen LogP contribution < -0.4 is 9.64 Å². The van der Waals surface area contributed by atoms with Crippen molar-refractivity contribution in [1.82, 2.24) is 14.5 Å². The molecule has 0 bridgehead atoms. The number of carbonyl (C=O) groups excluding carboxylic acids is 1. The first kappa shape index (κ1) is 18.4. The van der Waals surface area contributed by atoms with E-state index in [9.17, 15) is 4.79 Å². The van der Waals surface area contributed by atoms with E-state index in [1.807, 2.05) is 58.1 Å². The van der Waals surface area contributed by atoms with Gasteiger partial charge in [-0.15, -0.1) is 0 Å². The molecular weight excluding hydrogens is 376 g/mol. The highest BCUT2D eigenvalue weighted by Crippen LogP contribution is 2.24. The summed E-state index contributed by atoms with van der Waals surface area (Å²) in [4.78, 5) is 21.5. The average molecular weight is 397 g/mol. The second-order valence-electron chi connectivity index (χ2n) is 6.56. The molecule has 0 atom stereocenters.